The van der Waals surface area contributed by atoms with E-state index in [1.807, 2.05) is 30.3 Å². The summed E-state index contributed by atoms with van der Waals surface area (Å²) in [5.41, 5.74) is 2.32. The Kier molecular flexibility index (Phi) is 6.40. The highest BCUT2D eigenvalue weighted by Crippen LogP contribution is 2.31. The molecule has 12 heteroatoms. The van der Waals surface area contributed by atoms with Crippen LogP contribution in [-0.4, -0.2) is 45.8 Å². The third-order valence-electron chi connectivity index (χ3n) is 6.55. The number of rotatable bonds is 7. The van der Waals surface area contributed by atoms with Gasteiger partial charge >= 0.3 is 5.97 Å². The van der Waals surface area contributed by atoms with E-state index in [1.165, 1.54) is 33.8 Å². The van der Waals surface area contributed by atoms with Gasteiger partial charge in [0.1, 0.15) is 18.0 Å². The molecule has 1 atom stereocenters. The Bertz CT molecular complexity index is 1920. The van der Waals surface area contributed by atoms with Crippen molar-refractivity contribution in [1.82, 2.24) is 34.7 Å². The maximum absolute atomic E-state index is 15.9. The lowest BCUT2D eigenvalue weighted by Crippen LogP contribution is -2.28. The summed E-state index contributed by atoms with van der Waals surface area (Å²) in [5.74, 6) is -1.37. The summed E-state index contributed by atoms with van der Waals surface area (Å²) < 4.78 is 18.5. The summed E-state index contributed by atoms with van der Waals surface area (Å²) in [6, 6.07) is 19.2. The summed E-state index contributed by atoms with van der Waals surface area (Å²) >= 11 is 6.23. The van der Waals surface area contributed by atoms with Crippen LogP contribution in [0.1, 0.15) is 27.8 Å². The minimum atomic E-state index is -1.08. The van der Waals surface area contributed by atoms with Gasteiger partial charge in [-0.3, -0.25) is 4.79 Å². The van der Waals surface area contributed by atoms with Gasteiger partial charge in [0.25, 0.3) is 5.56 Å². The Morgan fingerprint density at radius 2 is 1.88 bits per heavy atom. The predicted molar refractivity (Wildman–Crippen MR) is 145 cm³/mol. The van der Waals surface area contributed by atoms with Crippen molar-refractivity contribution >= 4 is 28.6 Å². The summed E-state index contributed by atoms with van der Waals surface area (Å²) in [4.78, 5) is 32.8. The van der Waals surface area contributed by atoms with Crippen LogP contribution in [0.15, 0.2) is 90.1 Å². The second kappa shape index (κ2) is 10.2. The number of aromatic carboxylic acids is 1. The molecular formula is C28H19ClFN7O3. The molecule has 0 amide bonds. The van der Waals surface area contributed by atoms with E-state index in [2.05, 4.69) is 25.5 Å². The van der Waals surface area contributed by atoms with E-state index < -0.39 is 23.4 Å². The number of carboxylic acid groups (broad SMARTS) is 1. The van der Waals surface area contributed by atoms with Crippen LogP contribution in [0.5, 0.6) is 0 Å². The monoisotopic (exact) mass is 555 g/mol. The van der Waals surface area contributed by atoms with Crippen LogP contribution < -0.4 is 5.56 Å². The van der Waals surface area contributed by atoms with Gasteiger partial charge in [-0.15, -0.1) is 5.10 Å². The number of H-pyrrole nitrogens is 1. The zero-order valence-corrected chi connectivity index (χ0v) is 21.3. The molecule has 0 bridgehead atoms. The Morgan fingerprint density at radius 3 is 2.62 bits per heavy atom. The van der Waals surface area contributed by atoms with Gasteiger partial charge in [-0.2, -0.15) is 4.68 Å². The largest absolute Gasteiger partial charge is 0.478 e. The standard InChI is InChI=1S/C28H19ClFN7O3/c29-18-7-9-24(37-15-31-34-35-37)20(12-18)19-13-26(38)36(14-21(19)30)25(10-16-4-2-1-3-5-16)27-32-22-8-6-17(28(39)40)11-23(22)33-27/h1-9,11-15,25H,10H2,(H,32,33)(H,39,40). The molecule has 40 heavy (non-hydrogen) atoms. The number of tetrazole rings is 1. The molecule has 1 unspecified atom stereocenters. The molecule has 6 aromatic rings. The summed E-state index contributed by atoms with van der Waals surface area (Å²) in [7, 11) is 0. The maximum atomic E-state index is 15.9. The van der Waals surface area contributed by atoms with E-state index in [4.69, 9.17) is 11.6 Å². The first-order valence-electron chi connectivity index (χ1n) is 12.1. The first kappa shape index (κ1) is 25.1. The maximum Gasteiger partial charge on any atom is 0.335 e. The number of carboxylic acids is 1. The summed E-state index contributed by atoms with van der Waals surface area (Å²) in [6.45, 7) is 0. The molecule has 2 N–H and O–H groups in total. The van der Waals surface area contributed by atoms with Gasteiger partial charge in [0.05, 0.1) is 28.3 Å². The lowest BCUT2D eigenvalue weighted by Gasteiger charge is -2.19. The van der Waals surface area contributed by atoms with Crippen molar-refractivity contribution in [2.24, 2.45) is 0 Å². The minimum Gasteiger partial charge on any atom is -0.478 e. The quantitative estimate of drug-likeness (QED) is 0.292. The van der Waals surface area contributed by atoms with E-state index >= 15 is 4.39 Å². The Labute approximate surface area is 230 Å². The van der Waals surface area contributed by atoms with Crippen LogP contribution in [0, 0.1) is 5.82 Å². The molecule has 0 spiro atoms. The van der Waals surface area contributed by atoms with Gasteiger partial charge < -0.3 is 14.7 Å². The van der Waals surface area contributed by atoms with Crippen molar-refractivity contribution in [3.8, 4) is 16.8 Å². The molecule has 0 aliphatic rings. The fourth-order valence-corrected chi connectivity index (χ4v) is 4.82. The molecule has 198 valence electrons. The van der Waals surface area contributed by atoms with Crippen LogP contribution in [0.4, 0.5) is 4.39 Å². The van der Waals surface area contributed by atoms with Gasteiger partial charge in [-0.25, -0.2) is 14.2 Å². The number of carbonyl (C=O) groups is 1. The van der Waals surface area contributed by atoms with Gasteiger partial charge in [-0.05, 0) is 52.4 Å². The van der Waals surface area contributed by atoms with Gasteiger partial charge in [0.15, 0.2) is 0 Å². The Balaban J connectivity index is 1.49. The molecule has 0 saturated heterocycles. The van der Waals surface area contributed by atoms with Crippen LogP contribution in [0.25, 0.3) is 27.8 Å². The summed E-state index contributed by atoms with van der Waals surface area (Å²) in [5, 5.41) is 20.9. The molecule has 0 aliphatic carbocycles. The number of pyridine rings is 1. The highest BCUT2D eigenvalue weighted by atomic mass is 35.5. The second-order valence-corrected chi connectivity index (χ2v) is 9.50. The van der Waals surface area contributed by atoms with Crippen LogP contribution >= 0.6 is 11.6 Å². The molecule has 0 radical (unpaired) electrons. The molecule has 3 aromatic carbocycles. The number of aromatic nitrogens is 7. The van der Waals surface area contributed by atoms with E-state index in [0.29, 0.717) is 39.6 Å². The average Bonchev–Trinajstić information content (AvgIpc) is 3.63. The number of nitrogens with one attached hydrogen (secondary N) is 1. The fourth-order valence-electron chi connectivity index (χ4n) is 4.65. The van der Waals surface area contributed by atoms with E-state index in [0.717, 1.165) is 11.8 Å². The van der Waals surface area contributed by atoms with Crippen molar-refractivity contribution in [3.63, 3.8) is 0 Å². The topological polar surface area (TPSA) is 132 Å². The summed E-state index contributed by atoms with van der Waals surface area (Å²) in [6.07, 6.45) is 2.82. The highest BCUT2D eigenvalue weighted by molar-refractivity contribution is 6.31. The molecular weight excluding hydrogens is 537 g/mol. The molecule has 0 fully saturated rings. The van der Waals surface area contributed by atoms with Crippen LogP contribution in [0.2, 0.25) is 5.02 Å². The highest BCUT2D eigenvalue weighted by Gasteiger charge is 2.23. The average molecular weight is 556 g/mol. The Morgan fingerprint density at radius 1 is 1.05 bits per heavy atom. The number of imidazole rings is 1. The number of hydrogen-bond acceptors (Lipinski definition) is 6. The van der Waals surface area contributed by atoms with Crippen LogP contribution in [-0.2, 0) is 6.42 Å². The molecule has 3 aromatic heterocycles. The van der Waals surface area contributed by atoms with E-state index in [-0.39, 0.29) is 11.1 Å². The lowest BCUT2D eigenvalue weighted by atomic mass is 10.0. The first-order chi connectivity index (χ1) is 19.4. The number of nitrogens with zero attached hydrogens (tertiary/aromatic N) is 6. The zero-order valence-electron chi connectivity index (χ0n) is 20.6. The van der Waals surface area contributed by atoms with E-state index in [9.17, 15) is 14.7 Å². The van der Waals surface area contributed by atoms with Gasteiger partial charge in [0.2, 0.25) is 0 Å². The fraction of sp³-hybridized carbons (Fsp3) is 0.0714. The number of fused-ring (bicyclic) bond motifs is 1. The minimum absolute atomic E-state index is 0.0309. The predicted octanol–water partition coefficient (Wildman–Crippen LogP) is 4.69. The molecule has 10 nitrogen and oxygen atoms in total. The second-order valence-electron chi connectivity index (χ2n) is 9.06. The SMILES string of the molecule is O=C(O)c1ccc2[nH]c(C(Cc3ccccc3)n3cc(F)c(-c4cc(Cl)ccc4-n4cnnn4)cc3=O)nc2c1. The number of hydrogen-bond donors (Lipinski definition) is 2. The molecule has 6 rings (SSSR count). The third-order valence-corrected chi connectivity index (χ3v) is 6.78. The Hall–Kier alpha value is -5.16. The molecule has 3 heterocycles. The number of aromatic amines is 1. The smallest absolute Gasteiger partial charge is 0.335 e. The van der Waals surface area contributed by atoms with Gasteiger partial charge in [0, 0.05) is 34.8 Å². The van der Waals surface area contributed by atoms with Crippen LogP contribution in [0.3, 0.4) is 0 Å². The van der Waals surface area contributed by atoms with Crippen molar-refractivity contribution in [2.75, 3.05) is 0 Å². The molecule has 0 aliphatic heterocycles. The number of halogens is 2. The third kappa shape index (κ3) is 4.74. The lowest BCUT2D eigenvalue weighted by molar-refractivity contribution is 0.0697. The van der Waals surface area contributed by atoms with Crippen molar-refractivity contribution in [1.29, 1.82) is 0 Å². The van der Waals surface area contributed by atoms with Crippen molar-refractivity contribution < 1.29 is 14.3 Å². The molecule has 0 saturated carbocycles. The normalized spacial score (nSPS) is 12.1. The van der Waals surface area contributed by atoms with E-state index in [1.54, 1.807) is 24.3 Å². The zero-order chi connectivity index (χ0) is 27.8. The van der Waals surface area contributed by atoms with Crippen molar-refractivity contribution in [3.05, 3.63) is 123 Å². The van der Waals surface area contributed by atoms with Gasteiger partial charge in [-0.1, -0.05) is 41.9 Å². The first-order valence-corrected chi connectivity index (χ1v) is 12.5. The number of benzene rings is 3. The van der Waals surface area contributed by atoms with Crippen molar-refractivity contribution in [2.45, 2.75) is 12.5 Å².